The van der Waals surface area contributed by atoms with Gasteiger partial charge >= 0.3 is 0 Å². The van der Waals surface area contributed by atoms with E-state index in [1.807, 2.05) is 54.0 Å². The molecule has 0 amide bonds. The molecule has 0 bridgehead atoms. The Hall–Kier alpha value is -2.13. The maximum atomic E-state index is 13.4. The van der Waals surface area contributed by atoms with Crippen molar-refractivity contribution in [1.82, 2.24) is 19.1 Å². The molecule has 5 rings (SSSR count). The summed E-state index contributed by atoms with van der Waals surface area (Å²) in [5.41, 5.74) is 2.76. The van der Waals surface area contributed by atoms with Crippen molar-refractivity contribution in [2.75, 3.05) is 0 Å². The van der Waals surface area contributed by atoms with E-state index in [-0.39, 0.29) is 5.56 Å². The number of aromatic nitrogens is 4. The molecular formula is C22H16BrClN4OS2. The topological polar surface area (TPSA) is 52.7 Å². The van der Waals surface area contributed by atoms with Gasteiger partial charge in [-0.05, 0) is 65.7 Å². The van der Waals surface area contributed by atoms with Crippen LogP contribution in [0.1, 0.15) is 12.5 Å². The number of rotatable bonds is 5. The normalized spacial score (nSPS) is 11.6. The maximum Gasteiger partial charge on any atom is 0.286 e. The van der Waals surface area contributed by atoms with Crippen molar-refractivity contribution in [2.45, 2.75) is 24.4 Å². The lowest BCUT2D eigenvalue weighted by Crippen LogP contribution is -2.22. The SMILES string of the molecule is CCn1cnc2c(=O)n(-c3ccc(Br)cc3)c(SCc3csc4ccc(Cl)cc34)nc21. The summed E-state index contributed by atoms with van der Waals surface area (Å²) in [4.78, 5) is 22.6. The van der Waals surface area contributed by atoms with Crippen LogP contribution in [0.15, 0.2) is 68.6 Å². The van der Waals surface area contributed by atoms with E-state index in [4.69, 9.17) is 16.6 Å². The lowest BCUT2D eigenvalue weighted by Gasteiger charge is -2.12. The number of halogens is 2. The molecule has 0 aliphatic rings. The van der Waals surface area contributed by atoms with Gasteiger partial charge in [0.05, 0.1) is 12.0 Å². The number of nitrogens with zero attached hydrogens (tertiary/aromatic N) is 4. The molecule has 9 heteroatoms. The van der Waals surface area contributed by atoms with Crippen molar-refractivity contribution in [1.29, 1.82) is 0 Å². The van der Waals surface area contributed by atoms with E-state index in [1.54, 1.807) is 22.2 Å². The fraction of sp³-hybridized carbons (Fsp3) is 0.136. The van der Waals surface area contributed by atoms with Gasteiger partial charge in [0.15, 0.2) is 16.3 Å². The highest BCUT2D eigenvalue weighted by Gasteiger charge is 2.18. The minimum absolute atomic E-state index is 0.166. The number of hydrogen-bond donors (Lipinski definition) is 0. The molecule has 156 valence electrons. The van der Waals surface area contributed by atoms with Gasteiger partial charge in [-0.1, -0.05) is 39.3 Å². The first-order chi connectivity index (χ1) is 15.0. The second kappa shape index (κ2) is 8.43. The van der Waals surface area contributed by atoms with E-state index in [9.17, 15) is 4.79 Å². The van der Waals surface area contributed by atoms with Gasteiger partial charge < -0.3 is 4.57 Å². The predicted molar refractivity (Wildman–Crippen MR) is 133 cm³/mol. The van der Waals surface area contributed by atoms with E-state index >= 15 is 0 Å². The third kappa shape index (κ3) is 3.82. The Morgan fingerprint density at radius 1 is 1.19 bits per heavy atom. The molecule has 0 spiro atoms. The van der Waals surface area contributed by atoms with Crippen LogP contribution in [0.4, 0.5) is 0 Å². The molecule has 3 heterocycles. The van der Waals surface area contributed by atoms with Crippen LogP contribution in [0, 0.1) is 0 Å². The molecule has 0 saturated carbocycles. The first-order valence-corrected chi connectivity index (χ1v) is 12.6. The van der Waals surface area contributed by atoms with Gasteiger partial charge in [0.2, 0.25) is 0 Å². The average Bonchev–Trinajstić information content (AvgIpc) is 3.37. The van der Waals surface area contributed by atoms with Crippen LogP contribution in [0.5, 0.6) is 0 Å². The Morgan fingerprint density at radius 3 is 2.77 bits per heavy atom. The summed E-state index contributed by atoms with van der Waals surface area (Å²) in [5, 5.41) is 4.64. The van der Waals surface area contributed by atoms with Gasteiger partial charge in [-0.3, -0.25) is 9.36 Å². The second-order valence-corrected chi connectivity index (χ2v) is 10.1. The van der Waals surface area contributed by atoms with Crippen LogP contribution in [0.25, 0.3) is 26.9 Å². The average molecular weight is 532 g/mol. The number of hydrogen-bond acceptors (Lipinski definition) is 5. The van der Waals surface area contributed by atoms with Crippen LogP contribution >= 0.6 is 50.6 Å². The molecule has 0 fully saturated rings. The number of imidazole rings is 1. The monoisotopic (exact) mass is 530 g/mol. The number of aryl methyl sites for hydroxylation is 1. The van der Waals surface area contributed by atoms with Gasteiger partial charge in [0, 0.05) is 26.5 Å². The van der Waals surface area contributed by atoms with Gasteiger partial charge in [0.25, 0.3) is 5.56 Å². The van der Waals surface area contributed by atoms with Gasteiger partial charge in [0.1, 0.15) is 0 Å². The third-order valence-electron chi connectivity index (χ3n) is 5.01. The zero-order valence-corrected chi connectivity index (χ0v) is 20.4. The number of fused-ring (bicyclic) bond motifs is 2. The van der Waals surface area contributed by atoms with Crippen LogP contribution in [-0.4, -0.2) is 19.1 Å². The molecule has 3 aromatic heterocycles. The van der Waals surface area contributed by atoms with Crippen LogP contribution in [-0.2, 0) is 12.3 Å². The largest absolute Gasteiger partial charge is 0.315 e. The Bertz CT molecular complexity index is 1470. The lowest BCUT2D eigenvalue weighted by molar-refractivity contribution is 0.754. The summed E-state index contributed by atoms with van der Waals surface area (Å²) in [7, 11) is 0. The van der Waals surface area contributed by atoms with Crippen molar-refractivity contribution >= 4 is 71.9 Å². The fourth-order valence-electron chi connectivity index (χ4n) is 3.43. The molecule has 2 aromatic carbocycles. The Balaban J connectivity index is 1.63. The van der Waals surface area contributed by atoms with Gasteiger partial charge in [-0.25, -0.2) is 9.97 Å². The van der Waals surface area contributed by atoms with Crippen molar-refractivity contribution in [3.8, 4) is 5.69 Å². The molecule has 0 aliphatic carbocycles. The van der Waals surface area contributed by atoms with Crippen LogP contribution in [0.3, 0.4) is 0 Å². The van der Waals surface area contributed by atoms with E-state index in [0.717, 1.165) is 20.6 Å². The van der Waals surface area contributed by atoms with Gasteiger partial charge in [-0.15, -0.1) is 11.3 Å². The summed E-state index contributed by atoms with van der Waals surface area (Å²) in [6.07, 6.45) is 1.67. The first kappa shape index (κ1) is 20.8. The van der Waals surface area contributed by atoms with Crippen molar-refractivity contribution in [3.63, 3.8) is 0 Å². The summed E-state index contributed by atoms with van der Waals surface area (Å²) in [5.74, 6) is 0.676. The summed E-state index contributed by atoms with van der Waals surface area (Å²) < 4.78 is 5.68. The number of thioether (sulfide) groups is 1. The highest BCUT2D eigenvalue weighted by atomic mass is 79.9. The van der Waals surface area contributed by atoms with E-state index in [2.05, 4.69) is 26.3 Å². The molecule has 0 saturated heterocycles. The number of thiophene rings is 1. The first-order valence-electron chi connectivity index (χ1n) is 9.57. The highest BCUT2D eigenvalue weighted by Crippen LogP contribution is 2.33. The zero-order valence-electron chi connectivity index (χ0n) is 16.4. The summed E-state index contributed by atoms with van der Waals surface area (Å²) >= 11 is 12.9. The molecule has 0 unspecified atom stereocenters. The van der Waals surface area contributed by atoms with Crippen molar-refractivity contribution < 1.29 is 0 Å². The second-order valence-electron chi connectivity index (χ2n) is 6.90. The van der Waals surface area contributed by atoms with E-state index in [0.29, 0.717) is 28.6 Å². The maximum absolute atomic E-state index is 13.4. The smallest absolute Gasteiger partial charge is 0.286 e. The minimum Gasteiger partial charge on any atom is -0.315 e. The Labute approximate surface area is 199 Å². The number of benzene rings is 2. The predicted octanol–water partition coefficient (Wildman–Crippen LogP) is 6.53. The zero-order chi connectivity index (χ0) is 21.5. The molecule has 31 heavy (non-hydrogen) atoms. The molecule has 0 atom stereocenters. The molecular weight excluding hydrogens is 516 g/mol. The van der Waals surface area contributed by atoms with Crippen molar-refractivity contribution in [2.24, 2.45) is 0 Å². The molecule has 5 aromatic rings. The Kier molecular flexibility index (Phi) is 5.64. The molecule has 5 nitrogen and oxygen atoms in total. The lowest BCUT2D eigenvalue weighted by atomic mass is 10.2. The summed E-state index contributed by atoms with van der Waals surface area (Å²) in [6.45, 7) is 2.71. The van der Waals surface area contributed by atoms with Crippen LogP contribution < -0.4 is 5.56 Å². The summed E-state index contributed by atoms with van der Waals surface area (Å²) in [6, 6.07) is 13.6. The minimum atomic E-state index is -0.166. The van der Waals surface area contributed by atoms with E-state index in [1.165, 1.54) is 22.0 Å². The van der Waals surface area contributed by atoms with Crippen LogP contribution in [0.2, 0.25) is 5.02 Å². The quantitative estimate of drug-likeness (QED) is 0.191. The molecule has 0 radical (unpaired) electrons. The standard InChI is InChI=1S/C22H16BrClN4OS2/c1-2-27-12-25-19-20(27)26-22(28(21(19)29)16-6-3-14(23)4-7-16)31-11-13-10-30-18-8-5-15(24)9-17(13)18/h3-10,12H,2,11H2,1H3. The van der Waals surface area contributed by atoms with Crippen molar-refractivity contribution in [3.05, 3.63) is 79.6 Å². The Morgan fingerprint density at radius 2 is 2.00 bits per heavy atom. The fourth-order valence-corrected chi connectivity index (χ4v) is 5.91. The van der Waals surface area contributed by atoms with E-state index < -0.39 is 0 Å². The molecule has 0 aliphatic heterocycles. The highest BCUT2D eigenvalue weighted by molar-refractivity contribution is 9.10. The van der Waals surface area contributed by atoms with Gasteiger partial charge in [-0.2, -0.15) is 0 Å². The third-order valence-corrected chi connectivity index (χ3v) is 7.77. The molecule has 0 N–H and O–H groups in total.